The SMILES string of the molecule is O/N=C1\C=C(Cl)CCC1. The van der Waals surface area contributed by atoms with Crippen molar-refractivity contribution in [2.75, 3.05) is 0 Å². The maximum Gasteiger partial charge on any atom is 0.0807 e. The van der Waals surface area contributed by atoms with Gasteiger partial charge < -0.3 is 5.21 Å². The second kappa shape index (κ2) is 2.87. The maximum absolute atomic E-state index is 8.29. The molecule has 9 heavy (non-hydrogen) atoms. The summed E-state index contributed by atoms with van der Waals surface area (Å²) in [5.74, 6) is 0. The molecule has 0 aliphatic heterocycles. The molecular formula is C6H8ClNO. The average molecular weight is 146 g/mol. The highest BCUT2D eigenvalue weighted by Crippen LogP contribution is 2.18. The van der Waals surface area contributed by atoms with Crippen molar-refractivity contribution >= 4 is 17.3 Å². The van der Waals surface area contributed by atoms with Gasteiger partial charge in [-0.1, -0.05) is 16.8 Å². The molecule has 0 amide bonds. The van der Waals surface area contributed by atoms with Gasteiger partial charge >= 0.3 is 0 Å². The van der Waals surface area contributed by atoms with Crippen molar-refractivity contribution < 1.29 is 5.21 Å². The van der Waals surface area contributed by atoms with Crippen LogP contribution in [0.25, 0.3) is 0 Å². The van der Waals surface area contributed by atoms with Crippen LogP contribution in [0.4, 0.5) is 0 Å². The molecule has 1 rings (SSSR count). The van der Waals surface area contributed by atoms with Gasteiger partial charge in [0.15, 0.2) is 0 Å². The van der Waals surface area contributed by atoms with Crippen LogP contribution >= 0.6 is 11.6 Å². The molecule has 1 aliphatic rings. The van der Waals surface area contributed by atoms with Crippen LogP contribution < -0.4 is 0 Å². The minimum atomic E-state index is 0.686. The molecule has 0 aromatic rings. The first-order valence-electron chi connectivity index (χ1n) is 2.90. The van der Waals surface area contributed by atoms with Crippen LogP contribution in [0.15, 0.2) is 16.3 Å². The molecule has 1 N–H and O–H groups in total. The van der Waals surface area contributed by atoms with E-state index in [1.54, 1.807) is 6.08 Å². The van der Waals surface area contributed by atoms with Crippen molar-refractivity contribution in [1.29, 1.82) is 0 Å². The lowest BCUT2D eigenvalue weighted by Crippen LogP contribution is -1.99. The molecule has 0 spiro atoms. The monoisotopic (exact) mass is 145 g/mol. The summed E-state index contributed by atoms with van der Waals surface area (Å²) in [6.45, 7) is 0. The fourth-order valence-corrected chi connectivity index (χ4v) is 1.10. The smallest absolute Gasteiger partial charge is 0.0807 e. The van der Waals surface area contributed by atoms with Gasteiger partial charge in [-0.3, -0.25) is 0 Å². The highest BCUT2D eigenvalue weighted by molar-refractivity contribution is 6.31. The Bertz CT molecular complexity index is 162. The Morgan fingerprint density at radius 1 is 1.56 bits per heavy atom. The van der Waals surface area contributed by atoms with E-state index in [0.717, 1.165) is 24.3 Å². The molecule has 0 radical (unpaired) electrons. The summed E-state index contributed by atoms with van der Waals surface area (Å²) in [5, 5.41) is 12.1. The van der Waals surface area contributed by atoms with Gasteiger partial charge in [-0.05, 0) is 25.3 Å². The highest BCUT2D eigenvalue weighted by atomic mass is 35.5. The van der Waals surface area contributed by atoms with E-state index in [-0.39, 0.29) is 0 Å². The standard InChI is InChI=1S/C6H8ClNO/c7-5-2-1-3-6(4-5)8-9/h4,9H,1-3H2/b8-6-. The summed E-state index contributed by atoms with van der Waals surface area (Å²) in [5.41, 5.74) is 0.686. The van der Waals surface area contributed by atoms with Gasteiger partial charge in [-0.15, -0.1) is 0 Å². The van der Waals surface area contributed by atoms with Crippen LogP contribution in [-0.4, -0.2) is 10.9 Å². The zero-order valence-corrected chi connectivity index (χ0v) is 5.73. The summed E-state index contributed by atoms with van der Waals surface area (Å²) in [7, 11) is 0. The van der Waals surface area contributed by atoms with E-state index in [1.807, 2.05) is 0 Å². The number of allylic oxidation sites excluding steroid dienone is 2. The number of oxime groups is 1. The third kappa shape index (κ3) is 1.72. The number of hydrogen-bond donors (Lipinski definition) is 1. The Hall–Kier alpha value is -0.500. The number of rotatable bonds is 0. The third-order valence-electron chi connectivity index (χ3n) is 1.30. The van der Waals surface area contributed by atoms with Crippen molar-refractivity contribution in [3.05, 3.63) is 11.1 Å². The lowest BCUT2D eigenvalue weighted by molar-refractivity contribution is 0.318. The summed E-state index contributed by atoms with van der Waals surface area (Å²) in [4.78, 5) is 0. The topological polar surface area (TPSA) is 32.6 Å². The fourth-order valence-electron chi connectivity index (χ4n) is 0.842. The van der Waals surface area contributed by atoms with Crippen molar-refractivity contribution in [2.24, 2.45) is 5.16 Å². The van der Waals surface area contributed by atoms with Crippen molar-refractivity contribution in [2.45, 2.75) is 19.3 Å². The molecule has 0 unspecified atom stereocenters. The van der Waals surface area contributed by atoms with E-state index >= 15 is 0 Å². The van der Waals surface area contributed by atoms with Gasteiger partial charge in [0.25, 0.3) is 0 Å². The Morgan fingerprint density at radius 3 is 2.78 bits per heavy atom. The first-order chi connectivity index (χ1) is 4.33. The molecule has 0 aromatic heterocycles. The predicted molar refractivity (Wildman–Crippen MR) is 37.0 cm³/mol. The van der Waals surface area contributed by atoms with Crippen molar-refractivity contribution in [3.63, 3.8) is 0 Å². The minimum absolute atomic E-state index is 0.686. The largest absolute Gasteiger partial charge is 0.411 e. The fraction of sp³-hybridized carbons (Fsp3) is 0.500. The van der Waals surface area contributed by atoms with E-state index in [0.29, 0.717) is 5.71 Å². The van der Waals surface area contributed by atoms with Crippen LogP contribution in [0.3, 0.4) is 0 Å². The Kier molecular flexibility index (Phi) is 2.11. The van der Waals surface area contributed by atoms with E-state index in [2.05, 4.69) is 5.16 Å². The van der Waals surface area contributed by atoms with Crippen LogP contribution in [0.2, 0.25) is 0 Å². The number of nitrogens with zero attached hydrogens (tertiary/aromatic N) is 1. The molecule has 0 bridgehead atoms. The molecule has 0 saturated carbocycles. The molecule has 2 nitrogen and oxygen atoms in total. The van der Waals surface area contributed by atoms with Crippen molar-refractivity contribution in [1.82, 2.24) is 0 Å². The summed E-state index contributed by atoms with van der Waals surface area (Å²) in [6, 6.07) is 0. The van der Waals surface area contributed by atoms with Gasteiger partial charge in [-0.25, -0.2) is 0 Å². The summed E-state index contributed by atoms with van der Waals surface area (Å²) >= 11 is 5.66. The van der Waals surface area contributed by atoms with Crippen LogP contribution in [-0.2, 0) is 0 Å². The van der Waals surface area contributed by atoms with Crippen LogP contribution in [0.5, 0.6) is 0 Å². The van der Waals surface area contributed by atoms with E-state index in [4.69, 9.17) is 16.8 Å². The molecule has 1 aliphatic carbocycles. The van der Waals surface area contributed by atoms with E-state index in [1.165, 1.54) is 0 Å². The molecule has 0 aromatic carbocycles. The Morgan fingerprint density at radius 2 is 2.33 bits per heavy atom. The van der Waals surface area contributed by atoms with E-state index < -0.39 is 0 Å². The lowest BCUT2D eigenvalue weighted by atomic mass is 10.1. The molecule has 3 heteroatoms. The second-order valence-electron chi connectivity index (χ2n) is 2.04. The molecular weight excluding hydrogens is 138 g/mol. The van der Waals surface area contributed by atoms with Gasteiger partial charge in [0, 0.05) is 5.03 Å². The summed E-state index contributed by atoms with van der Waals surface area (Å²) in [6.07, 6.45) is 4.47. The zero-order valence-electron chi connectivity index (χ0n) is 4.97. The Labute approximate surface area is 58.8 Å². The molecule has 0 atom stereocenters. The molecule has 0 saturated heterocycles. The first-order valence-corrected chi connectivity index (χ1v) is 3.28. The number of hydrogen-bond acceptors (Lipinski definition) is 2. The molecule has 50 valence electrons. The zero-order chi connectivity index (χ0) is 6.69. The third-order valence-corrected chi connectivity index (χ3v) is 1.60. The normalized spacial score (nSPS) is 24.1. The van der Waals surface area contributed by atoms with Gasteiger partial charge in [0.05, 0.1) is 5.71 Å². The second-order valence-corrected chi connectivity index (χ2v) is 2.52. The first kappa shape index (κ1) is 6.62. The van der Waals surface area contributed by atoms with Gasteiger partial charge in [0.1, 0.15) is 0 Å². The van der Waals surface area contributed by atoms with Gasteiger partial charge in [-0.2, -0.15) is 0 Å². The lowest BCUT2D eigenvalue weighted by Gasteiger charge is -2.06. The molecule has 0 heterocycles. The van der Waals surface area contributed by atoms with Crippen LogP contribution in [0, 0.1) is 0 Å². The van der Waals surface area contributed by atoms with Gasteiger partial charge in [0.2, 0.25) is 0 Å². The Balaban J connectivity index is 2.68. The van der Waals surface area contributed by atoms with E-state index in [9.17, 15) is 0 Å². The maximum atomic E-state index is 8.29. The summed E-state index contributed by atoms with van der Waals surface area (Å²) < 4.78 is 0. The minimum Gasteiger partial charge on any atom is -0.411 e. The predicted octanol–water partition coefficient (Wildman–Crippen LogP) is 2.12. The quantitative estimate of drug-likeness (QED) is 0.411. The molecule has 0 fully saturated rings. The average Bonchev–Trinajstić information content (AvgIpc) is 1.88. The highest BCUT2D eigenvalue weighted by Gasteiger charge is 2.05. The van der Waals surface area contributed by atoms with Crippen molar-refractivity contribution in [3.8, 4) is 0 Å². The number of halogens is 1. The van der Waals surface area contributed by atoms with Crippen LogP contribution in [0.1, 0.15) is 19.3 Å².